The van der Waals surface area contributed by atoms with Gasteiger partial charge in [-0.05, 0) is 34.9 Å². The molecule has 0 spiro atoms. The molecule has 166 valence electrons. The van der Waals surface area contributed by atoms with Gasteiger partial charge >= 0.3 is 5.92 Å². The van der Waals surface area contributed by atoms with E-state index in [2.05, 4.69) is 35.7 Å². The lowest BCUT2D eigenvalue weighted by atomic mass is 10.0. The topological polar surface area (TPSA) is 98.1 Å². The van der Waals surface area contributed by atoms with E-state index in [1.807, 2.05) is 43.3 Å². The van der Waals surface area contributed by atoms with E-state index in [1.165, 1.54) is 0 Å². The Bertz CT molecular complexity index is 1150. The van der Waals surface area contributed by atoms with Crippen LogP contribution >= 0.6 is 0 Å². The van der Waals surface area contributed by atoms with Crippen molar-refractivity contribution in [2.24, 2.45) is 0 Å². The van der Waals surface area contributed by atoms with Crippen molar-refractivity contribution >= 4 is 0 Å². The minimum Gasteiger partial charge on any atom is -0.259 e. The Hall–Kier alpha value is -3.56. The van der Waals surface area contributed by atoms with Crippen molar-refractivity contribution in [2.75, 3.05) is 0 Å². The van der Waals surface area contributed by atoms with E-state index in [0.29, 0.717) is 30.2 Å². The zero-order valence-electron chi connectivity index (χ0n) is 18.0. The average Bonchev–Trinajstić information content (AvgIpc) is 3.46. The second-order valence-corrected chi connectivity index (χ2v) is 7.55. The summed E-state index contributed by atoms with van der Waals surface area (Å²) in [5.74, 6) is -2.32. The van der Waals surface area contributed by atoms with Crippen LogP contribution in [0.4, 0.5) is 8.78 Å². The average molecular weight is 438 g/mol. The number of tetrazole rings is 1. The van der Waals surface area contributed by atoms with Gasteiger partial charge in [-0.25, -0.2) is 14.8 Å². The first-order chi connectivity index (χ1) is 15.5. The second kappa shape index (κ2) is 9.29. The van der Waals surface area contributed by atoms with E-state index in [-0.39, 0.29) is 13.0 Å². The van der Waals surface area contributed by atoms with Crippen molar-refractivity contribution in [1.29, 1.82) is 0 Å². The van der Waals surface area contributed by atoms with Crippen molar-refractivity contribution < 1.29 is 8.78 Å². The Labute approximate surface area is 184 Å². The van der Waals surface area contributed by atoms with Gasteiger partial charge in [-0.15, -0.1) is 10.2 Å². The minimum absolute atomic E-state index is 0.268. The predicted molar refractivity (Wildman–Crippen MR) is 115 cm³/mol. The number of nitrogens with one attached hydrogen (secondary N) is 1. The Kier molecular flexibility index (Phi) is 6.29. The molecular weight excluding hydrogens is 414 g/mol. The lowest BCUT2D eigenvalue weighted by Gasteiger charge is -2.10. The van der Waals surface area contributed by atoms with Crippen LogP contribution < -0.4 is 0 Å². The van der Waals surface area contributed by atoms with Crippen LogP contribution in [0.2, 0.25) is 0 Å². The normalized spacial score (nSPS) is 11.8. The fourth-order valence-corrected chi connectivity index (χ4v) is 3.54. The number of rotatable bonds is 9. The zero-order chi connectivity index (χ0) is 22.6. The number of aryl methyl sites for hydroxylation is 1. The molecule has 4 aromatic rings. The van der Waals surface area contributed by atoms with Gasteiger partial charge in [0.25, 0.3) is 0 Å². The number of hydrogen-bond donors (Lipinski definition) is 1. The van der Waals surface area contributed by atoms with Gasteiger partial charge in [0.05, 0.1) is 12.2 Å². The molecule has 4 rings (SSSR count). The number of H-pyrrole nitrogens is 1. The van der Waals surface area contributed by atoms with E-state index < -0.39 is 11.7 Å². The first-order valence-electron chi connectivity index (χ1n) is 10.6. The minimum atomic E-state index is -3.03. The molecule has 3 heterocycles. The first kappa shape index (κ1) is 21.7. The van der Waals surface area contributed by atoms with Gasteiger partial charge in [0.15, 0.2) is 5.82 Å². The summed E-state index contributed by atoms with van der Waals surface area (Å²) < 4.78 is 30.2. The number of hydrogen-bond acceptors (Lipinski definition) is 6. The summed E-state index contributed by atoms with van der Waals surface area (Å²) in [5.41, 5.74) is 3.39. The van der Waals surface area contributed by atoms with Gasteiger partial charge in [-0.3, -0.25) is 4.98 Å². The molecule has 0 atom stereocenters. The highest BCUT2D eigenvalue weighted by atomic mass is 19.3. The molecular formula is C22H24F2N8. The number of aromatic nitrogens is 8. The van der Waals surface area contributed by atoms with Gasteiger partial charge in [-0.1, -0.05) is 44.2 Å². The van der Waals surface area contributed by atoms with E-state index >= 15 is 0 Å². The number of nitrogens with zero attached hydrogens (tertiary/aromatic N) is 7. The molecule has 8 nitrogen and oxygen atoms in total. The van der Waals surface area contributed by atoms with Gasteiger partial charge in [0.2, 0.25) is 5.82 Å². The Morgan fingerprint density at radius 3 is 2.50 bits per heavy atom. The molecule has 0 bridgehead atoms. The summed E-state index contributed by atoms with van der Waals surface area (Å²) in [6, 6.07) is 11.5. The van der Waals surface area contributed by atoms with Crippen LogP contribution in [0.3, 0.4) is 0 Å². The monoisotopic (exact) mass is 438 g/mol. The maximum Gasteiger partial charge on any atom is 0.308 e. The van der Waals surface area contributed by atoms with Crippen LogP contribution in [-0.4, -0.2) is 40.4 Å². The van der Waals surface area contributed by atoms with Crippen molar-refractivity contribution in [3.8, 4) is 22.5 Å². The molecule has 0 saturated heterocycles. The fraction of sp³-hybridized carbons (Fsp3) is 0.364. The quantitative estimate of drug-likeness (QED) is 0.416. The molecule has 0 amide bonds. The fourth-order valence-electron chi connectivity index (χ4n) is 3.54. The number of halogens is 2. The summed E-state index contributed by atoms with van der Waals surface area (Å²) in [6.45, 7) is 3.98. The Morgan fingerprint density at radius 1 is 1.03 bits per heavy atom. The van der Waals surface area contributed by atoms with Crippen molar-refractivity contribution in [3.63, 3.8) is 0 Å². The van der Waals surface area contributed by atoms with Crippen LogP contribution in [-0.2, 0) is 18.9 Å². The van der Waals surface area contributed by atoms with E-state index in [0.717, 1.165) is 23.1 Å². The zero-order valence-corrected chi connectivity index (χ0v) is 18.0. The highest BCUT2D eigenvalue weighted by Gasteiger charge is 2.36. The highest BCUT2D eigenvalue weighted by Crippen LogP contribution is 2.31. The molecule has 0 unspecified atom stereocenters. The lowest BCUT2D eigenvalue weighted by Crippen LogP contribution is -2.16. The van der Waals surface area contributed by atoms with Gasteiger partial charge in [0.1, 0.15) is 5.82 Å². The summed E-state index contributed by atoms with van der Waals surface area (Å²) in [4.78, 5) is 8.69. The van der Waals surface area contributed by atoms with E-state index in [9.17, 15) is 8.78 Å². The van der Waals surface area contributed by atoms with Crippen molar-refractivity contribution in [3.05, 3.63) is 59.9 Å². The van der Waals surface area contributed by atoms with Gasteiger partial charge < -0.3 is 0 Å². The van der Waals surface area contributed by atoms with Crippen molar-refractivity contribution in [2.45, 2.75) is 52.0 Å². The summed E-state index contributed by atoms with van der Waals surface area (Å²) >= 11 is 0. The largest absolute Gasteiger partial charge is 0.308 e. The molecule has 0 aliphatic heterocycles. The number of aromatic amines is 1. The van der Waals surface area contributed by atoms with Gasteiger partial charge in [0, 0.05) is 30.2 Å². The molecule has 0 aliphatic rings. The van der Waals surface area contributed by atoms with E-state index in [1.54, 1.807) is 17.8 Å². The molecule has 1 aromatic carbocycles. The molecule has 0 radical (unpaired) electrons. The summed E-state index contributed by atoms with van der Waals surface area (Å²) in [6.07, 6.45) is 3.21. The predicted octanol–water partition coefficient (Wildman–Crippen LogP) is 4.41. The smallest absolute Gasteiger partial charge is 0.259 e. The SMILES string of the molecule is CCCc1nc(C(F)(F)CCC)nn1Cc1ccc(-c2ccccc2-c2nnn[nH]2)cn1. The molecule has 32 heavy (non-hydrogen) atoms. The third-order valence-corrected chi connectivity index (χ3v) is 5.09. The summed E-state index contributed by atoms with van der Waals surface area (Å²) in [7, 11) is 0. The van der Waals surface area contributed by atoms with Crippen LogP contribution in [0.15, 0.2) is 42.6 Å². The number of alkyl halides is 2. The Balaban J connectivity index is 1.60. The standard InChI is InChI=1S/C22H24F2N8/c1-3-7-19-26-21(22(23,24)12-4-2)29-32(19)14-16-11-10-15(13-25-16)17-8-5-6-9-18(17)20-27-30-31-28-20/h5-6,8-11,13H,3-4,7,12,14H2,1-2H3,(H,27,28,30,31). The first-order valence-corrected chi connectivity index (χ1v) is 10.6. The third kappa shape index (κ3) is 4.53. The molecule has 0 fully saturated rings. The molecule has 3 aromatic heterocycles. The molecule has 1 N–H and O–H groups in total. The second-order valence-electron chi connectivity index (χ2n) is 7.55. The van der Waals surface area contributed by atoms with Crippen molar-refractivity contribution in [1.82, 2.24) is 40.4 Å². The highest BCUT2D eigenvalue weighted by molar-refractivity contribution is 5.79. The van der Waals surface area contributed by atoms with E-state index in [4.69, 9.17) is 0 Å². The molecule has 0 aliphatic carbocycles. The Morgan fingerprint density at radius 2 is 1.84 bits per heavy atom. The maximum atomic E-state index is 14.4. The summed E-state index contributed by atoms with van der Waals surface area (Å²) in [5, 5.41) is 18.2. The third-order valence-electron chi connectivity index (χ3n) is 5.09. The molecule has 10 heteroatoms. The van der Waals surface area contributed by atoms with Crippen LogP contribution in [0.5, 0.6) is 0 Å². The molecule has 0 saturated carbocycles. The van der Waals surface area contributed by atoms with Gasteiger partial charge in [-0.2, -0.15) is 8.78 Å². The number of pyridine rings is 1. The van der Waals surface area contributed by atoms with Crippen LogP contribution in [0.25, 0.3) is 22.5 Å². The van der Waals surface area contributed by atoms with Crippen LogP contribution in [0, 0.1) is 0 Å². The number of benzene rings is 1. The maximum absolute atomic E-state index is 14.4. The lowest BCUT2D eigenvalue weighted by molar-refractivity contribution is -0.0232. The van der Waals surface area contributed by atoms with Crippen LogP contribution in [0.1, 0.15) is 50.5 Å².